The van der Waals surface area contributed by atoms with E-state index in [4.69, 9.17) is 9.47 Å². The van der Waals surface area contributed by atoms with Crippen molar-refractivity contribution in [2.45, 2.75) is 25.3 Å². The number of thiazole rings is 1. The van der Waals surface area contributed by atoms with Gasteiger partial charge >= 0.3 is 5.69 Å². The van der Waals surface area contributed by atoms with Crippen LogP contribution in [0.1, 0.15) is 24.6 Å². The van der Waals surface area contributed by atoms with E-state index >= 15 is 0 Å². The van der Waals surface area contributed by atoms with Crippen LogP contribution in [-0.2, 0) is 11.2 Å². The van der Waals surface area contributed by atoms with Crippen molar-refractivity contribution in [1.82, 2.24) is 19.4 Å². The lowest BCUT2D eigenvalue weighted by Gasteiger charge is -2.32. The number of nitrogens with zero attached hydrogens (tertiary/aromatic N) is 3. The number of imidazole rings is 1. The lowest BCUT2D eigenvalue weighted by molar-refractivity contribution is -0.131. The molecule has 4 aromatic rings. The summed E-state index contributed by atoms with van der Waals surface area (Å²) in [6.45, 7) is 1.24. The predicted molar refractivity (Wildman–Crippen MR) is 132 cm³/mol. The van der Waals surface area contributed by atoms with Gasteiger partial charge in [-0.1, -0.05) is 18.2 Å². The molecule has 1 saturated heterocycles. The van der Waals surface area contributed by atoms with Gasteiger partial charge in [-0.2, -0.15) is 0 Å². The second-order valence-electron chi connectivity index (χ2n) is 8.29. The van der Waals surface area contributed by atoms with Crippen LogP contribution >= 0.6 is 11.3 Å². The van der Waals surface area contributed by atoms with Crippen molar-refractivity contribution in [3.63, 3.8) is 0 Å². The number of aromatic amines is 1. The molecular formula is C25H26N4O4S. The first kappa shape index (κ1) is 22.2. The van der Waals surface area contributed by atoms with Gasteiger partial charge in [0.15, 0.2) is 11.5 Å². The maximum Gasteiger partial charge on any atom is 0.326 e. The monoisotopic (exact) mass is 478 g/mol. The minimum absolute atomic E-state index is 0.0548. The van der Waals surface area contributed by atoms with E-state index in [9.17, 15) is 9.59 Å². The number of fused-ring (bicyclic) bond motifs is 1. The summed E-state index contributed by atoms with van der Waals surface area (Å²) in [5.74, 6) is 1.33. The molecule has 1 N–H and O–H groups in total. The zero-order valence-electron chi connectivity index (χ0n) is 19.1. The number of para-hydroxylation sites is 3. The molecule has 2 aromatic carbocycles. The number of carbonyl (C=O) groups is 1. The summed E-state index contributed by atoms with van der Waals surface area (Å²) in [5, 5.41) is 2.71. The number of carbonyl (C=O) groups excluding carboxylic acids is 1. The van der Waals surface area contributed by atoms with Crippen molar-refractivity contribution < 1.29 is 14.3 Å². The minimum atomic E-state index is -0.0889. The van der Waals surface area contributed by atoms with Gasteiger partial charge in [-0.25, -0.2) is 9.78 Å². The van der Waals surface area contributed by atoms with Crippen molar-refractivity contribution in [2.24, 2.45) is 0 Å². The van der Waals surface area contributed by atoms with E-state index in [1.165, 1.54) is 11.3 Å². The third-order valence-electron chi connectivity index (χ3n) is 6.32. The maximum absolute atomic E-state index is 13.0. The van der Waals surface area contributed by atoms with Crippen molar-refractivity contribution in [3.8, 4) is 22.1 Å². The highest BCUT2D eigenvalue weighted by Gasteiger charge is 2.26. The van der Waals surface area contributed by atoms with Crippen molar-refractivity contribution in [2.75, 3.05) is 27.3 Å². The number of H-pyrrole nitrogens is 1. The Morgan fingerprint density at radius 3 is 2.68 bits per heavy atom. The molecular weight excluding hydrogens is 452 g/mol. The number of amides is 1. The fourth-order valence-electron chi connectivity index (χ4n) is 4.64. The van der Waals surface area contributed by atoms with Crippen molar-refractivity contribution in [1.29, 1.82) is 0 Å². The van der Waals surface area contributed by atoms with Crippen LogP contribution in [-0.4, -0.2) is 52.7 Å². The molecule has 0 aliphatic carbocycles. The molecule has 2 aromatic heterocycles. The first-order valence-corrected chi connectivity index (χ1v) is 12.1. The Labute approximate surface area is 200 Å². The SMILES string of the molecule is COc1cccc(-c2nc(CC(=O)N3CCC(n4c(=O)[nH]c5ccccc54)CC3)cs2)c1OC. The van der Waals surface area contributed by atoms with E-state index in [-0.39, 0.29) is 24.1 Å². The van der Waals surface area contributed by atoms with Crippen LogP contribution in [0.2, 0.25) is 0 Å². The van der Waals surface area contributed by atoms with Crippen LogP contribution in [0.3, 0.4) is 0 Å². The molecule has 1 fully saturated rings. The fraction of sp³-hybridized carbons (Fsp3) is 0.320. The molecule has 1 amide bonds. The summed E-state index contributed by atoms with van der Waals surface area (Å²) in [4.78, 5) is 35.0. The van der Waals surface area contributed by atoms with Gasteiger partial charge in [0.1, 0.15) is 5.01 Å². The third kappa shape index (κ3) is 4.07. The van der Waals surface area contributed by atoms with Crippen LogP contribution in [0, 0.1) is 0 Å². The number of nitrogens with one attached hydrogen (secondary N) is 1. The van der Waals surface area contributed by atoms with Crippen LogP contribution in [0.5, 0.6) is 11.5 Å². The van der Waals surface area contributed by atoms with Gasteiger partial charge in [-0.3, -0.25) is 9.36 Å². The second kappa shape index (κ2) is 9.34. The Kier molecular flexibility index (Phi) is 6.10. The number of methoxy groups -OCH3 is 2. The van der Waals surface area contributed by atoms with E-state index in [0.29, 0.717) is 24.6 Å². The zero-order chi connectivity index (χ0) is 23.7. The normalized spacial score (nSPS) is 14.5. The summed E-state index contributed by atoms with van der Waals surface area (Å²) >= 11 is 1.48. The molecule has 0 radical (unpaired) electrons. The van der Waals surface area contributed by atoms with Gasteiger partial charge in [-0.15, -0.1) is 11.3 Å². The summed E-state index contributed by atoms with van der Waals surface area (Å²) in [7, 11) is 3.21. The van der Waals surface area contributed by atoms with Gasteiger partial charge in [0.2, 0.25) is 5.91 Å². The van der Waals surface area contributed by atoms with Crippen molar-refractivity contribution in [3.05, 3.63) is 64.0 Å². The first-order valence-electron chi connectivity index (χ1n) is 11.2. The number of hydrogen-bond acceptors (Lipinski definition) is 6. The molecule has 0 atom stereocenters. The van der Waals surface area contributed by atoms with Gasteiger partial charge in [0.05, 0.1) is 42.9 Å². The molecule has 176 valence electrons. The average Bonchev–Trinajstić information content (AvgIpc) is 3.46. The molecule has 9 heteroatoms. The molecule has 0 bridgehead atoms. The van der Waals surface area contributed by atoms with Gasteiger partial charge in [-0.05, 0) is 37.1 Å². The number of likely N-dealkylation sites (tertiary alicyclic amines) is 1. The molecule has 34 heavy (non-hydrogen) atoms. The highest BCUT2D eigenvalue weighted by molar-refractivity contribution is 7.13. The Bertz CT molecular complexity index is 1380. The Hall–Kier alpha value is -3.59. The van der Waals surface area contributed by atoms with E-state index in [1.54, 1.807) is 14.2 Å². The average molecular weight is 479 g/mol. The number of aromatic nitrogens is 3. The van der Waals surface area contributed by atoms with E-state index in [0.717, 1.165) is 40.1 Å². The molecule has 3 heterocycles. The molecule has 5 rings (SSSR count). The predicted octanol–water partition coefficient (Wildman–Crippen LogP) is 3.88. The number of ether oxygens (including phenoxy) is 2. The second-order valence-corrected chi connectivity index (χ2v) is 9.15. The topological polar surface area (TPSA) is 89.5 Å². The molecule has 1 aliphatic rings. The minimum Gasteiger partial charge on any atom is -0.493 e. The number of hydrogen-bond donors (Lipinski definition) is 1. The van der Waals surface area contributed by atoms with E-state index < -0.39 is 0 Å². The van der Waals surface area contributed by atoms with Crippen LogP contribution < -0.4 is 15.2 Å². The third-order valence-corrected chi connectivity index (χ3v) is 7.25. The van der Waals surface area contributed by atoms with Crippen molar-refractivity contribution >= 4 is 28.3 Å². The van der Waals surface area contributed by atoms with Crippen LogP contribution in [0.25, 0.3) is 21.6 Å². The van der Waals surface area contributed by atoms with Gasteiger partial charge < -0.3 is 19.4 Å². The molecule has 1 aliphatic heterocycles. The van der Waals surface area contributed by atoms with Gasteiger partial charge in [0.25, 0.3) is 0 Å². The van der Waals surface area contributed by atoms with E-state index in [1.807, 2.05) is 57.3 Å². The maximum atomic E-state index is 13.0. The lowest BCUT2D eigenvalue weighted by Crippen LogP contribution is -2.41. The number of rotatable bonds is 6. The Morgan fingerprint density at radius 1 is 1.12 bits per heavy atom. The Balaban J connectivity index is 1.25. The highest BCUT2D eigenvalue weighted by Crippen LogP contribution is 2.39. The molecule has 0 unspecified atom stereocenters. The quantitative estimate of drug-likeness (QED) is 0.454. The summed E-state index contributed by atoms with van der Waals surface area (Å²) in [6, 6.07) is 13.5. The smallest absolute Gasteiger partial charge is 0.326 e. The highest BCUT2D eigenvalue weighted by atomic mass is 32.1. The van der Waals surface area contributed by atoms with Crippen LogP contribution in [0.4, 0.5) is 0 Å². The fourth-order valence-corrected chi connectivity index (χ4v) is 5.49. The van der Waals surface area contributed by atoms with Crippen LogP contribution in [0.15, 0.2) is 52.6 Å². The van der Waals surface area contributed by atoms with Gasteiger partial charge in [0, 0.05) is 24.5 Å². The van der Waals surface area contributed by atoms with E-state index in [2.05, 4.69) is 9.97 Å². The largest absolute Gasteiger partial charge is 0.493 e. The molecule has 0 saturated carbocycles. The number of benzene rings is 2. The number of piperidine rings is 1. The molecule has 0 spiro atoms. The summed E-state index contributed by atoms with van der Waals surface area (Å²) < 4.78 is 12.7. The molecule has 8 nitrogen and oxygen atoms in total. The summed E-state index contributed by atoms with van der Waals surface area (Å²) in [6.07, 6.45) is 1.74. The summed E-state index contributed by atoms with van der Waals surface area (Å²) in [5.41, 5.74) is 3.26. The first-order chi connectivity index (χ1) is 16.6. The lowest BCUT2D eigenvalue weighted by atomic mass is 10.0. The zero-order valence-corrected chi connectivity index (χ0v) is 19.9. The standard InChI is InChI=1S/C25H26N4O4S/c1-32-21-9-5-6-18(23(21)33-2)24-26-16(15-34-24)14-22(30)28-12-10-17(11-13-28)29-20-8-4-3-7-19(20)27-25(29)31/h3-9,15,17H,10-14H2,1-2H3,(H,27,31). The Morgan fingerprint density at radius 2 is 1.91 bits per heavy atom.